The highest BCUT2D eigenvalue weighted by Crippen LogP contribution is 2.36. The number of aliphatic hydroxyl groups is 1. The Balaban J connectivity index is 1.59. The van der Waals surface area contributed by atoms with Crippen LogP contribution in [0.25, 0.3) is 0 Å². The van der Waals surface area contributed by atoms with Crippen molar-refractivity contribution in [1.29, 1.82) is 0 Å². The molecule has 1 aromatic rings. The lowest BCUT2D eigenvalue weighted by molar-refractivity contribution is -0.128. The summed E-state index contributed by atoms with van der Waals surface area (Å²) >= 11 is 0. The van der Waals surface area contributed by atoms with Crippen LogP contribution in [0.4, 0.5) is 0 Å². The van der Waals surface area contributed by atoms with E-state index in [0.29, 0.717) is 18.9 Å². The number of amides is 1. The van der Waals surface area contributed by atoms with Gasteiger partial charge in [0, 0.05) is 19.1 Å². The fourth-order valence-corrected chi connectivity index (χ4v) is 3.68. The number of nitrogens with one attached hydrogen (secondary N) is 1. The van der Waals surface area contributed by atoms with Gasteiger partial charge in [-0.1, -0.05) is 31.2 Å². The van der Waals surface area contributed by atoms with Gasteiger partial charge in [0.05, 0.1) is 6.54 Å². The summed E-state index contributed by atoms with van der Waals surface area (Å²) in [5, 5.41) is 13.8. The van der Waals surface area contributed by atoms with E-state index < -0.39 is 5.60 Å². The van der Waals surface area contributed by atoms with Crippen LogP contribution in [0.15, 0.2) is 24.3 Å². The molecule has 120 valence electrons. The van der Waals surface area contributed by atoms with Gasteiger partial charge in [0.15, 0.2) is 0 Å². The smallest absolute Gasteiger partial charge is 0.223 e. The highest BCUT2D eigenvalue weighted by atomic mass is 16.5. The second-order valence-electron chi connectivity index (χ2n) is 6.65. The van der Waals surface area contributed by atoms with E-state index in [9.17, 15) is 9.90 Å². The summed E-state index contributed by atoms with van der Waals surface area (Å²) in [6.07, 6.45) is 3.44. The zero-order valence-corrected chi connectivity index (χ0v) is 13.2. The number of hydrogen-bond acceptors (Lipinski definition) is 3. The summed E-state index contributed by atoms with van der Waals surface area (Å²) in [4.78, 5) is 12.4. The van der Waals surface area contributed by atoms with Gasteiger partial charge in [-0.05, 0) is 42.7 Å². The molecule has 1 saturated heterocycles. The third-order valence-corrected chi connectivity index (χ3v) is 5.27. The molecule has 2 atom stereocenters. The third-order valence-electron chi connectivity index (χ3n) is 5.27. The SMILES string of the molecule is CC(C(=O)NCC1(O)CCc2ccccc21)C1CCOCC1. The van der Waals surface area contributed by atoms with Gasteiger partial charge in [-0.25, -0.2) is 0 Å². The van der Waals surface area contributed by atoms with E-state index in [4.69, 9.17) is 4.74 Å². The first-order chi connectivity index (χ1) is 10.6. The second kappa shape index (κ2) is 6.39. The molecule has 4 heteroatoms. The lowest BCUT2D eigenvalue weighted by Crippen LogP contribution is -2.43. The van der Waals surface area contributed by atoms with Gasteiger partial charge in [-0.3, -0.25) is 4.79 Å². The number of carbonyl (C=O) groups is 1. The van der Waals surface area contributed by atoms with Gasteiger partial charge in [0.25, 0.3) is 0 Å². The minimum absolute atomic E-state index is 0.0239. The molecule has 22 heavy (non-hydrogen) atoms. The Morgan fingerprint density at radius 1 is 1.41 bits per heavy atom. The van der Waals surface area contributed by atoms with Crippen molar-refractivity contribution in [3.63, 3.8) is 0 Å². The van der Waals surface area contributed by atoms with Crippen LogP contribution in [0, 0.1) is 11.8 Å². The molecular weight excluding hydrogens is 278 g/mol. The average Bonchev–Trinajstić information content (AvgIpc) is 2.91. The molecule has 0 radical (unpaired) electrons. The minimum atomic E-state index is -0.915. The molecule has 1 aromatic carbocycles. The molecule has 2 unspecified atom stereocenters. The minimum Gasteiger partial charge on any atom is -0.383 e. The fraction of sp³-hybridized carbons (Fsp3) is 0.611. The summed E-state index contributed by atoms with van der Waals surface area (Å²) in [6, 6.07) is 7.97. The monoisotopic (exact) mass is 303 g/mol. The van der Waals surface area contributed by atoms with Crippen LogP contribution in [0.2, 0.25) is 0 Å². The molecular formula is C18H25NO3. The maximum Gasteiger partial charge on any atom is 0.223 e. The number of ether oxygens (including phenoxy) is 1. The summed E-state index contributed by atoms with van der Waals surface area (Å²) < 4.78 is 5.35. The summed E-state index contributed by atoms with van der Waals surface area (Å²) in [5.74, 6) is 0.410. The molecule has 1 heterocycles. The van der Waals surface area contributed by atoms with E-state index in [-0.39, 0.29) is 11.8 Å². The first-order valence-electron chi connectivity index (χ1n) is 8.26. The van der Waals surface area contributed by atoms with Crippen molar-refractivity contribution in [2.45, 2.75) is 38.2 Å². The van der Waals surface area contributed by atoms with Crippen LogP contribution < -0.4 is 5.32 Å². The molecule has 3 rings (SSSR count). The van der Waals surface area contributed by atoms with Crippen LogP contribution >= 0.6 is 0 Å². The van der Waals surface area contributed by atoms with E-state index >= 15 is 0 Å². The van der Waals surface area contributed by atoms with Gasteiger partial charge in [0.1, 0.15) is 5.60 Å². The molecule has 0 aromatic heterocycles. The first kappa shape index (κ1) is 15.5. The molecule has 1 amide bonds. The summed E-state index contributed by atoms with van der Waals surface area (Å²) in [5.41, 5.74) is 1.24. The van der Waals surface area contributed by atoms with Crippen molar-refractivity contribution < 1.29 is 14.6 Å². The van der Waals surface area contributed by atoms with E-state index in [0.717, 1.165) is 38.0 Å². The van der Waals surface area contributed by atoms with Gasteiger partial charge >= 0.3 is 0 Å². The lowest BCUT2D eigenvalue weighted by atomic mass is 9.86. The number of fused-ring (bicyclic) bond motifs is 1. The Morgan fingerprint density at radius 3 is 2.91 bits per heavy atom. The van der Waals surface area contributed by atoms with Crippen molar-refractivity contribution in [3.8, 4) is 0 Å². The number of hydrogen-bond donors (Lipinski definition) is 2. The van der Waals surface area contributed by atoms with Gasteiger partial charge in [0.2, 0.25) is 5.91 Å². The number of aryl methyl sites for hydroxylation is 1. The molecule has 1 fully saturated rings. The maximum atomic E-state index is 12.4. The van der Waals surface area contributed by atoms with E-state index in [1.165, 1.54) is 5.56 Å². The molecule has 0 bridgehead atoms. The van der Waals surface area contributed by atoms with Crippen molar-refractivity contribution in [2.24, 2.45) is 11.8 Å². The average molecular weight is 303 g/mol. The second-order valence-corrected chi connectivity index (χ2v) is 6.65. The summed E-state index contributed by atoms with van der Waals surface area (Å²) in [7, 11) is 0. The van der Waals surface area contributed by atoms with Crippen LogP contribution in [-0.2, 0) is 21.6 Å². The van der Waals surface area contributed by atoms with Gasteiger partial charge in [-0.2, -0.15) is 0 Å². The van der Waals surface area contributed by atoms with Crippen molar-refractivity contribution in [3.05, 3.63) is 35.4 Å². The topological polar surface area (TPSA) is 58.6 Å². The van der Waals surface area contributed by atoms with Crippen LogP contribution in [0.5, 0.6) is 0 Å². The van der Waals surface area contributed by atoms with E-state index in [1.807, 2.05) is 25.1 Å². The van der Waals surface area contributed by atoms with Crippen LogP contribution in [0.3, 0.4) is 0 Å². The Kier molecular flexibility index (Phi) is 4.50. The van der Waals surface area contributed by atoms with E-state index in [2.05, 4.69) is 11.4 Å². The normalized spacial score (nSPS) is 26.5. The Hall–Kier alpha value is -1.39. The predicted octanol–water partition coefficient (Wildman–Crippen LogP) is 2.00. The predicted molar refractivity (Wildman–Crippen MR) is 84.4 cm³/mol. The molecule has 0 saturated carbocycles. The highest BCUT2D eigenvalue weighted by molar-refractivity contribution is 5.78. The Morgan fingerprint density at radius 2 is 2.14 bits per heavy atom. The quantitative estimate of drug-likeness (QED) is 0.894. The highest BCUT2D eigenvalue weighted by Gasteiger charge is 2.37. The van der Waals surface area contributed by atoms with Crippen LogP contribution in [0.1, 0.15) is 37.3 Å². The van der Waals surface area contributed by atoms with Crippen molar-refractivity contribution in [2.75, 3.05) is 19.8 Å². The summed E-state index contributed by atoms with van der Waals surface area (Å²) in [6.45, 7) is 3.79. The molecule has 0 spiro atoms. The third kappa shape index (κ3) is 3.03. The van der Waals surface area contributed by atoms with Crippen molar-refractivity contribution >= 4 is 5.91 Å². The molecule has 1 aliphatic heterocycles. The fourth-order valence-electron chi connectivity index (χ4n) is 3.68. The molecule has 4 nitrogen and oxygen atoms in total. The Labute approximate surface area is 131 Å². The van der Waals surface area contributed by atoms with E-state index in [1.54, 1.807) is 0 Å². The largest absolute Gasteiger partial charge is 0.383 e. The molecule has 2 aliphatic rings. The first-order valence-corrected chi connectivity index (χ1v) is 8.26. The number of rotatable bonds is 4. The number of carbonyl (C=O) groups excluding carboxylic acids is 1. The van der Waals surface area contributed by atoms with Gasteiger partial charge in [-0.15, -0.1) is 0 Å². The Bertz CT molecular complexity index is 539. The van der Waals surface area contributed by atoms with Crippen LogP contribution in [-0.4, -0.2) is 30.8 Å². The van der Waals surface area contributed by atoms with Crippen molar-refractivity contribution in [1.82, 2.24) is 5.32 Å². The van der Waals surface area contributed by atoms with Gasteiger partial charge < -0.3 is 15.2 Å². The lowest BCUT2D eigenvalue weighted by Gasteiger charge is -2.29. The standard InChI is InChI=1S/C18H25NO3/c1-13(14-7-10-22-11-8-14)17(20)19-12-18(21)9-6-15-4-2-3-5-16(15)18/h2-5,13-14,21H,6-12H2,1H3,(H,19,20). The molecule has 1 aliphatic carbocycles. The maximum absolute atomic E-state index is 12.4. The number of benzene rings is 1. The zero-order valence-electron chi connectivity index (χ0n) is 13.2. The zero-order chi connectivity index (χ0) is 15.6. The molecule has 2 N–H and O–H groups in total.